The summed E-state index contributed by atoms with van der Waals surface area (Å²) >= 11 is 0. The van der Waals surface area contributed by atoms with Gasteiger partial charge in [-0.05, 0) is 47.3 Å². The van der Waals surface area contributed by atoms with Crippen molar-refractivity contribution in [3.05, 3.63) is 0 Å². The molecule has 0 aromatic carbocycles. The lowest BCUT2D eigenvalue weighted by Gasteiger charge is -2.30. The molecular formula is C12H26N2O2. The van der Waals surface area contributed by atoms with Gasteiger partial charge in [-0.2, -0.15) is 0 Å². The van der Waals surface area contributed by atoms with Crippen molar-refractivity contribution in [1.82, 2.24) is 10.2 Å². The fourth-order valence-corrected chi connectivity index (χ4v) is 1.81. The fourth-order valence-electron chi connectivity index (χ4n) is 1.81. The second-order valence-electron chi connectivity index (χ2n) is 5.02. The van der Waals surface area contributed by atoms with E-state index in [0.717, 1.165) is 19.4 Å². The third-order valence-corrected chi connectivity index (χ3v) is 2.80. The Balaban J connectivity index is 4.23. The average Bonchev–Trinajstić information content (AvgIpc) is 2.14. The molecule has 96 valence electrons. The van der Waals surface area contributed by atoms with Gasteiger partial charge < -0.3 is 10.0 Å². The Morgan fingerprint density at radius 3 is 2.44 bits per heavy atom. The molecule has 2 atom stereocenters. The lowest BCUT2D eigenvalue weighted by atomic mass is 9.95. The highest BCUT2D eigenvalue weighted by Gasteiger charge is 2.32. The van der Waals surface area contributed by atoms with E-state index in [1.54, 1.807) is 6.92 Å². The van der Waals surface area contributed by atoms with Crippen LogP contribution < -0.4 is 5.32 Å². The van der Waals surface area contributed by atoms with Gasteiger partial charge in [0.1, 0.15) is 5.54 Å². The summed E-state index contributed by atoms with van der Waals surface area (Å²) in [6, 6.07) is 0.218. The zero-order valence-corrected chi connectivity index (χ0v) is 11.2. The highest BCUT2D eigenvalue weighted by Crippen LogP contribution is 2.14. The second kappa shape index (κ2) is 6.86. The first-order valence-corrected chi connectivity index (χ1v) is 5.97. The molecule has 2 unspecified atom stereocenters. The Kier molecular flexibility index (Phi) is 6.60. The van der Waals surface area contributed by atoms with Crippen molar-refractivity contribution in [3.63, 3.8) is 0 Å². The van der Waals surface area contributed by atoms with Crippen molar-refractivity contribution >= 4 is 5.97 Å². The van der Waals surface area contributed by atoms with E-state index in [-0.39, 0.29) is 6.04 Å². The van der Waals surface area contributed by atoms with Crippen molar-refractivity contribution in [2.45, 2.75) is 51.6 Å². The number of hydrogen-bond donors (Lipinski definition) is 2. The Morgan fingerprint density at radius 1 is 1.50 bits per heavy atom. The van der Waals surface area contributed by atoms with Crippen molar-refractivity contribution in [2.75, 3.05) is 20.6 Å². The maximum atomic E-state index is 11.2. The quantitative estimate of drug-likeness (QED) is 0.664. The number of aliphatic carboxylic acids is 1. The highest BCUT2D eigenvalue weighted by atomic mass is 16.4. The van der Waals surface area contributed by atoms with E-state index in [1.165, 1.54) is 0 Å². The number of nitrogens with one attached hydrogen (secondary N) is 1. The van der Waals surface area contributed by atoms with Gasteiger partial charge in [0.25, 0.3) is 0 Å². The Hall–Kier alpha value is -0.610. The summed E-state index contributed by atoms with van der Waals surface area (Å²) in [6.07, 6.45) is 2.49. The SMILES string of the molecule is CCCC(C)(NC(C)CCN(C)C)C(=O)O. The summed E-state index contributed by atoms with van der Waals surface area (Å²) in [5.41, 5.74) is -0.791. The van der Waals surface area contributed by atoms with Crippen LogP contribution in [-0.2, 0) is 4.79 Å². The van der Waals surface area contributed by atoms with Crippen LogP contribution in [0.2, 0.25) is 0 Å². The van der Waals surface area contributed by atoms with Crippen LogP contribution in [-0.4, -0.2) is 48.2 Å². The van der Waals surface area contributed by atoms with Crippen LogP contribution in [0.1, 0.15) is 40.0 Å². The average molecular weight is 230 g/mol. The summed E-state index contributed by atoms with van der Waals surface area (Å²) in [6.45, 7) is 6.79. The van der Waals surface area contributed by atoms with Gasteiger partial charge in [-0.1, -0.05) is 13.3 Å². The van der Waals surface area contributed by atoms with Crippen LogP contribution in [0.25, 0.3) is 0 Å². The monoisotopic (exact) mass is 230 g/mol. The van der Waals surface area contributed by atoms with Crippen molar-refractivity contribution in [2.24, 2.45) is 0 Å². The Bertz CT molecular complexity index is 219. The maximum absolute atomic E-state index is 11.2. The Labute approximate surface area is 99.0 Å². The van der Waals surface area contributed by atoms with E-state index in [9.17, 15) is 9.90 Å². The molecule has 0 amide bonds. The van der Waals surface area contributed by atoms with Gasteiger partial charge in [-0.25, -0.2) is 0 Å². The first-order chi connectivity index (χ1) is 7.31. The molecule has 0 bridgehead atoms. The molecular weight excluding hydrogens is 204 g/mol. The number of carboxylic acid groups (broad SMARTS) is 1. The van der Waals surface area contributed by atoms with Gasteiger partial charge in [0.2, 0.25) is 0 Å². The standard InChI is InChI=1S/C12H26N2O2/c1-6-8-12(3,11(15)16)13-10(2)7-9-14(4)5/h10,13H,6-9H2,1-5H3,(H,15,16). The predicted molar refractivity (Wildman–Crippen MR) is 66.7 cm³/mol. The molecule has 0 radical (unpaired) electrons. The molecule has 0 aromatic rings. The van der Waals surface area contributed by atoms with E-state index >= 15 is 0 Å². The molecule has 0 aliphatic heterocycles. The van der Waals surface area contributed by atoms with E-state index in [0.29, 0.717) is 6.42 Å². The third kappa shape index (κ3) is 5.47. The molecule has 0 saturated heterocycles. The smallest absolute Gasteiger partial charge is 0.323 e. The molecule has 0 saturated carbocycles. The normalized spacial score (nSPS) is 17.1. The number of carbonyl (C=O) groups is 1. The molecule has 2 N–H and O–H groups in total. The second-order valence-corrected chi connectivity index (χ2v) is 5.02. The van der Waals surface area contributed by atoms with Crippen molar-refractivity contribution in [1.29, 1.82) is 0 Å². The van der Waals surface area contributed by atoms with Crippen LogP contribution in [0.5, 0.6) is 0 Å². The minimum atomic E-state index is -0.791. The van der Waals surface area contributed by atoms with E-state index in [1.807, 2.05) is 27.9 Å². The number of rotatable bonds is 8. The summed E-state index contributed by atoms with van der Waals surface area (Å²) in [5.74, 6) is -0.758. The lowest BCUT2D eigenvalue weighted by Crippen LogP contribution is -2.53. The first-order valence-electron chi connectivity index (χ1n) is 5.97. The van der Waals surface area contributed by atoms with Crippen molar-refractivity contribution < 1.29 is 9.90 Å². The molecule has 4 nitrogen and oxygen atoms in total. The third-order valence-electron chi connectivity index (χ3n) is 2.80. The van der Waals surface area contributed by atoms with Gasteiger partial charge in [0.05, 0.1) is 0 Å². The molecule has 0 spiro atoms. The van der Waals surface area contributed by atoms with Crippen LogP contribution in [0.4, 0.5) is 0 Å². The minimum absolute atomic E-state index is 0.218. The van der Waals surface area contributed by atoms with E-state index in [4.69, 9.17) is 0 Å². The maximum Gasteiger partial charge on any atom is 0.323 e. The number of hydrogen-bond acceptors (Lipinski definition) is 3. The fraction of sp³-hybridized carbons (Fsp3) is 0.917. The minimum Gasteiger partial charge on any atom is -0.480 e. The van der Waals surface area contributed by atoms with Crippen LogP contribution in [0.15, 0.2) is 0 Å². The van der Waals surface area contributed by atoms with Gasteiger partial charge in [-0.15, -0.1) is 0 Å². The van der Waals surface area contributed by atoms with Crippen molar-refractivity contribution in [3.8, 4) is 0 Å². The van der Waals surface area contributed by atoms with Crippen LogP contribution in [0.3, 0.4) is 0 Å². The molecule has 0 rings (SSSR count). The lowest BCUT2D eigenvalue weighted by molar-refractivity contribution is -0.144. The number of carboxylic acids is 1. The molecule has 0 aliphatic rings. The van der Waals surface area contributed by atoms with Gasteiger partial charge in [-0.3, -0.25) is 10.1 Å². The summed E-state index contributed by atoms with van der Waals surface area (Å²) in [4.78, 5) is 13.3. The largest absolute Gasteiger partial charge is 0.480 e. The summed E-state index contributed by atoms with van der Waals surface area (Å²) in [5, 5.41) is 12.4. The Morgan fingerprint density at radius 2 is 2.06 bits per heavy atom. The summed E-state index contributed by atoms with van der Waals surface area (Å²) in [7, 11) is 4.05. The topological polar surface area (TPSA) is 52.6 Å². The molecule has 0 heterocycles. The zero-order chi connectivity index (χ0) is 12.8. The van der Waals surface area contributed by atoms with Gasteiger partial charge in [0.15, 0.2) is 0 Å². The molecule has 0 fully saturated rings. The molecule has 16 heavy (non-hydrogen) atoms. The number of nitrogens with zero attached hydrogens (tertiary/aromatic N) is 1. The van der Waals surface area contributed by atoms with E-state index in [2.05, 4.69) is 10.2 Å². The van der Waals surface area contributed by atoms with E-state index < -0.39 is 11.5 Å². The molecule has 0 aliphatic carbocycles. The molecule has 4 heteroatoms. The predicted octanol–water partition coefficient (Wildman–Crippen LogP) is 1.56. The highest BCUT2D eigenvalue weighted by molar-refractivity contribution is 5.78. The van der Waals surface area contributed by atoms with Gasteiger partial charge in [0, 0.05) is 6.04 Å². The zero-order valence-electron chi connectivity index (χ0n) is 11.2. The van der Waals surface area contributed by atoms with Crippen LogP contribution >= 0.6 is 0 Å². The van der Waals surface area contributed by atoms with Gasteiger partial charge >= 0.3 is 5.97 Å². The van der Waals surface area contributed by atoms with Crippen LogP contribution in [0, 0.1) is 0 Å². The summed E-state index contributed by atoms with van der Waals surface area (Å²) < 4.78 is 0. The first kappa shape index (κ1) is 15.4. The molecule has 0 aromatic heterocycles.